The van der Waals surface area contributed by atoms with Crippen LogP contribution in [0, 0.1) is 11.7 Å². The van der Waals surface area contributed by atoms with Crippen LogP contribution >= 0.6 is 0 Å². The maximum Gasteiger partial charge on any atom is 0.270 e. The van der Waals surface area contributed by atoms with Gasteiger partial charge in [-0.2, -0.15) is 5.10 Å². The molecule has 3 aromatic heterocycles. The molecule has 182 valence electrons. The molecular weight excluding hydrogens is 459 g/mol. The molecule has 0 bridgehead atoms. The zero-order valence-corrected chi connectivity index (χ0v) is 19.3. The Morgan fingerprint density at radius 3 is 2.86 bits per heavy atom. The molecule has 5 rings (SSSR count). The van der Waals surface area contributed by atoms with Crippen molar-refractivity contribution in [1.29, 1.82) is 0 Å². The van der Waals surface area contributed by atoms with Gasteiger partial charge in [-0.15, -0.1) is 0 Å². The summed E-state index contributed by atoms with van der Waals surface area (Å²) in [7, 11) is 0. The summed E-state index contributed by atoms with van der Waals surface area (Å²) in [5.74, 6) is -3.45. The van der Waals surface area contributed by atoms with Crippen molar-refractivity contribution < 1.29 is 18.0 Å². The van der Waals surface area contributed by atoms with Gasteiger partial charge in [0.05, 0.1) is 11.3 Å². The number of rotatable bonds is 6. The molecule has 1 aliphatic rings. The molecular formula is C24H24F3N7O. The number of fused-ring (bicyclic) bond motifs is 2. The molecule has 11 heteroatoms. The van der Waals surface area contributed by atoms with Crippen molar-refractivity contribution in [1.82, 2.24) is 34.4 Å². The van der Waals surface area contributed by atoms with E-state index in [1.807, 2.05) is 6.92 Å². The van der Waals surface area contributed by atoms with Crippen LogP contribution in [0.5, 0.6) is 0 Å². The summed E-state index contributed by atoms with van der Waals surface area (Å²) in [5.41, 5.74) is 1.76. The summed E-state index contributed by atoms with van der Waals surface area (Å²) < 4.78 is 45.6. The lowest BCUT2D eigenvalue weighted by molar-refractivity contribution is -0.0495. The second-order valence-electron chi connectivity index (χ2n) is 8.77. The fourth-order valence-electron chi connectivity index (χ4n) is 4.39. The van der Waals surface area contributed by atoms with Crippen molar-refractivity contribution in [2.24, 2.45) is 5.92 Å². The molecule has 0 saturated heterocycles. The first-order valence-corrected chi connectivity index (χ1v) is 11.4. The third-order valence-electron chi connectivity index (χ3n) is 6.34. The van der Waals surface area contributed by atoms with Crippen molar-refractivity contribution in [3.63, 3.8) is 0 Å². The summed E-state index contributed by atoms with van der Waals surface area (Å²) >= 11 is 0. The molecule has 1 atom stereocenters. The van der Waals surface area contributed by atoms with Gasteiger partial charge in [0.15, 0.2) is 5.82 Å². The molecule has 1 amide bonds. The minimum atomic E-state index is -2.80. The van der Waals surface area contributed by atoms with E-state index >= 15 is 0 Å². The lowest BCUT2D eigenvalue weighted by Crippen LogP contribution is -2.32. The standard InChI is InChI=1S/C24H24F3N7O/c1-3-18-20(33-9-4-8-28-23(33)30-18)22(35)29-13-14-5-6-16(17(25)11-14)21-31-19-12-15(24(2,26)27)7-10-34(19)32-21/h4-6,8-9,11,15H,3,7,10,12-13H2,1-2H3,(H,29,35)/t15-/m0/s1. The third-order valence-corrected chi connectivity index (χ3v) is 6.34. The average Bonchev–Trinajstić information content (AvgIpc) is 3.42. The van der Waals surface area contributed by atoms with E-state index in [9.17, 15) is 18.0 Å². The van der Waals surface area contributed by atoms with Crippen molar-refractivity contribution in [3.8, 4) is 11.4 Å². The maximum absolute atomic E-state index is 14.9. The van der Waals surface area contributed by atoms with Gasteiger partial charge in [-0.3, -0.25) is 9.20 Å². The molecule has 0 saturated carbocycles. The summed E-state index contributed by atoms with van der Waals surface area (Å²) in [6.45, 7) is 3.24. The highest BCUT2D eigenvalue weighted by atomic mass is 19.3. The van der Waals surface area contributed by atoms with Crippen LogP contribution in [0.1, 0.15) is 47.8 Å². The van der Waals surface area contributed by atoms with E-state index < -0.39 is 17.7 Å². The van der Waals surface area contributed by atoms with Crippen LogP contribution in [0.4, 0.5) is 13.2 Å². The molecule has 1 aromatic carbocycles. The van der Waals surface area contributed by atoms with Gasteiger partial charge in [0, 0.05) is 37.8 Å². The van der Waals surface area contributed by atoms with Gasteiger partial charge in [0.2, 0.25) is 11.7 Å². The Morgan fingerprint density at radius 2 is 2.11 bits per heavy atom. The zero-order valence-electron chi connectivity index (χ0n) is 19.3. The molecule has 4 heterocycles. The lowest BCUT2D eigenvalue weighted by Gasteiger charge is -2.26. The van der Waals surface area contributed by atoms with Crippen LogP contribution < -0.4 is 5.32 Å². The summed E-state index contributed by atoms with van der Waals surface area (Å²) in [6, 6.07) is 6.25. The molecule has 8 nitrogen and oxygen atoms in total. The Kier molecular flexibility index (Phi) is 5.78. The monoisotopic (exact) mass is 483 g/mol. The van der Waals surface area contributed by atoms with E-state index in [1.165, 1.54) is 6.07 Å². The first-order valence-electron chi connectivity index (χ1n) is 11.4. The number of imidazole rings is 1. The first kappa shape index (κ1) is 23.0. The predicted molar refractivity (Wildman–Crippen MR) is 121 cm³/mol. The van der Waals surface area contributed by atoms with Crippen molar-refractivity contribution >= 4 is 11.7 Å². The van der Waals surface area contributed by atoms with E-state index in [0.717, 1.165) is 6.92 Å². The normalized spacial score (nSPS) is 15.9. The van der Waals surface area contributed by atoms with Crippen LogP contribution in [0.25, 0.3) is 17.2 Å². The number of amides is 1. The molecule has 1 aliphatic heterocycles. The predicted octanol–water partition coefficient (Wildman–Crippen LogP) is 3.84. The highest BCUT2D eigenvalue weighted by molar-refractivity contribution is 5.94. The Labute approximate surface area is 199 Å². The Balaban J connectivity index is 1.31. The number of halogens is 3. The van der Waals surface area contributed by atoms with Gasteiger partial charge < -0.3 is 5.32 Å². The number of hydrogen-bond acceptors (Lipinski definition) is 5. The quantitative estimate of drug-likeness (QED) is 0.450. The first-order chi connectivity index (χ1) is 16.7. The van der Waals surface area contributed by atoms with Gasteiger partial charge in [-0.05, 0) is 43.5 Å². The fraction of sp³-hybridized carbons (Fsp3) is 0.375. The van der Waals surface area contributed by atoms with Gasteiger partial charge in [-0.25, -0.2) is 32.8 Å². The minimum Gasteiger partial charge on any atom is -0.347 e. The van der Waals surface area contributed by atoms with Gasteiger partial charge >= 0.3 is 0 Å². The zero-order chi connectivity index (χ0) is 24.7. The van der Waals surface area contributed by atoms with E-state index in [0.29, 0.717) is 47.9 Å². The van der Waals surface area contributed by atoms with Crippen LogP contribution in [0.15, 0.2) is 36.7 Å². The van der Waals surface area contributed by atoms with E-state index in [4.69, 9.17) is 0 Å². The number of nitrogens with zero attached hydrogens (tertiary/aromatic N) is 6. The largest absolute Gasteiger partial charge is 0.347 e. The summed E-state index contributed by atoms with van der Waals surface area (Å²) in [6.07, 6.45) is 4.28. The number of aryl methyl sites for hydroxylation is 2. The molecule has 0 aliphatic carbocycles. The molecule has 0 radical (unpaired) electrons. The summed E-state index contributed by atoms with van der Waals surface area (Å²) in [4.78, 5) is 25.8. The summed E-state index contributed by atoms with van der Waals surface area (Å²) in [5, 5.41) is 7.13. The molecule has 0 fully saturated rings. The number of hydrogen-bond donors (Lipinski definition) is 1. The Morgan fingerprint density at radius 1 is 1.29 bits per heavy atom. The fourth-order valence-corrected chi connectivity index (χ4v) is 4.39. The van der Waals surface area contributed by atoms with E-state index in [1.54, 1.807) is 39.7 Å². The lowest BCUT2D eigenvalue weighted by atomic mass is 9.92. The average molecular weight is 483 g/mol. The third kappa shape index (κ3) is 4.38. The van der Waals surface area contributed by atoms with Crippen LogP contribution in [-0.4, -0.2) is 41.0 Å². The van der Waals surface area contributed by atoms with Gasteiger partial charge in [-0.1, -0.05) is 13.0 Å². The number of carbonyl (C=O) groups is 1. The molecule has 0 spiro atoms. The van der Waals surface area contributed by atoms with Gasteiger partial charge in [0.1, 0.15) is 17.3 Å². The topological polar surface area (TPSA) is 90.0 Å². The number of carbonyl (C=O) groups excluding carboxylic acids is 1. The minimum absolute atomic E-state index is 0.0980. The number of nitrogens with one attached hydrogen (secondary N) is 1. The second-order valence-corrected chi connectivity index (χ2v) is 8.77. The number of aromatic nitrogens is 6. The van der Waals surface area contributed by atoms with Crippen LogP contribution in [0.2, 0.25) is 0 Å². The molecule has 35 heavy (non-hydrogen) atoms. The highest BCUT2D eigenvalue weighted by Gasteiger charge is 2.37. The molecule has 1 N–H and O–H groups in total. The molecule has 4 aromatic rings. The second kappa shape index (κ2) is 8.79. The SMILES string of the molecule is CCc1nc2ncccn2c1C(=O)NCc1ccc(-c2nc3n(n2)CC[C@H](C(C)(F)F)C3)c(F)c1. The Bertz CT molecular complexity index is 1410. The number of alkyl halides is 2. The van der Waals surface area contributed by atoms with Crippen molar-refractivity contribution in [3.05, 3.63) is 65.3 Å². The van der Waals surface area contributed by atoms with Crippen molar-refractivity contribution in [2.45, 2.75) is 52.1 Å². The number of benzene rings is 1. The van der Waals surface area contributed by atoms with E-state index in [2.05, 4.69) is 25.4 Å². The smallest absolute Gasteiger partial charge is 0.270 e. The van der Waals surface area contributed by atoms with Crippen LogP contribution in [0.3, 0.4) is 0 Å². The van der Waals surface area contributed by atoms with Crippen LogP contribution in [-0.2, 0) is 25.9 Å². The van der Waals surface area contributed by atoms with Crippen molar-refractivity contribution in [2.75, 3.05) is 0 Å². The molecule has 0 unspecified atom stereocenters. The Hall–Kier alpha value is -3.76. The van der Waals surface area contributed by atoms with E-state index in [-0.39, 0.29) is 30.3 Å². The van der Waals surface area contributed by atoms with Gasteiger partial charge in [0.25, 0.3) is 5.91 Å². The highest BCUT2D eigenvalue weighted by Crippen LogP contribution is 2.33. The maximum atomic E-state index is 14.9.